The van der Waals surface area contributed by atoms with Crippen LogP contribution in [0.25, 0.3) is 6.08 Å². The zero-order valence-corrected chi connectivity index (χ0v) is 6.88. The molecule has 60 valence electrons. The molecular formula is C11H11N. The maximum atomic E-state index is 5.24. The molecule has 0 unspecified atom stereocenters. The highest BCUT2D eigenvalue weighted by molar-refractivity contribution is 5.49. The molecule has 12 heavy (non-hydrogen) atoms. The van der Waals surface area contributed by atoms with Crippen molar-refractivity contribution in [3.8, 4) is 11.8 Å². The van der Waals surface area contributed by atoms with Gasteiger partial charge in [-0.25, -0.2) is 0 Å². The van der Waals surface area contributed by atoms with Gasteiger partial charge in [0.15, 0.2) is 0 Å². The minimum absolute atomic E-state index is 0.406. The second kappa shape index (κ2) is 4.38. The third kappa shape index (κ3) is 2.26. The summed E-state index contributed by atoms with van der Waals surface area (Å²) in [4.78, 5) is 0. The molecule has 0 radical (unpaired) electrons. The second-order valence-electron chi connectivity index (χ2n) is 2.33. The van der Waals surface area contributed by atoms with E-state index in [1.165, 1.54) is 0 Å². The van der Waals surface area contributed by atoms with Gasteiger partial charge >= 0.3 is 0 Å². The molecule has 0 aromatic heterocycles. The molecule has 0 heterocycles. The minimum atomic E-state index is 0.406. The van der Waals surface area contributed by atoms with Crippen molar-refractivity contribution in [1.29, 1.82) is 0 Å². The van der Waals surface area contributed by atoms with Gasteiger partial charge < -0.3 is 5.73 Å². The van der Waals surface area contributed by atoms with Gasteiger partial charge in [0.25, 0.3) is 0 Å². The van der Waals surface area contributed by atoms with Crippen LogP contribution in [0, 0.1) is 11.8 Å². The molecule has 2 N–H and O–H groups in total. The van der Waals surface area contributed by atoms with E-state index in [-0.39, 0.29) is 0 Å². The van der Waals surface area contributed by atoms with Crippen molar-refractivity contribution in [2.24, 2.45) is 5.73 Å². The van der Waals surface area contributed by atoms with E-state index in [1.54, 1.807) is 6.08 Å². The molecule has 1 rings (SSSR count). The summed E-state index contributed by atoms with van der Waals surface area (Å²) < 4.78 is 0. The molecule has 0 fully saturated rings. The standard InChI is InChI=1S/C11H11N/c1-2-10-5-7-11(8-6-10)4-3-9-12/h2,5-8H,1,9,12H2. The molecule has 0 saturated heterocycles. The number of hydrogen-bond acceptors (Lipinski definition) is 1. The molecular weight excluding hydrogens is 146 g/mol. The van der Waals surface area contributed by atoms with Crippen molar-refractivity contribution in [3.05, 3.63) is 42.0 Å². The molecule has 0 saturated carbocycles. The number of benzene rings is 1. The first-order chi connectivity index (χ1) is 5.86. The van der Waals surface area contributed by atoms with Crippen LogP contribution in [-0.2, 0) is 0 Å². The number of nitrogens with two attached hydrogens (primary N) is 1. The van der Waals surface area contributed by atoms with E-state index in [4.69, 9.17) is 5.73 Å². The molecule has 0 bridgehead atoms. The maximum absolute atomic E-state index is 5.24. The van der Waals surface area contributed by atoms with Crippen LogP contribution in [-0.4, -0.2) is 6.54 Å². The zero-order chi connectivity index (χ0) is 8.81. The Morgan fingerprint density at radius 1 is 1.33 bits per heavy atom. The summed E-state index contributed by atoms with van der Waals surface area (Å²) >= 11 is 0. The third-order valence-corrected chi connectivity index (χ3v) is 1.48. The molecule has 0 atom stereocenters. The quantitative estimate of drug-likeness (QED) is 0.616. The fourth-order valence-electron chi connectivity index (χ4n) is 0.856. The van der Waals surface area contributed by atoms with E-state index >= 15 is 0 Å². The van der Waals surface area contributed by atoms with Gasteiger partial charge in [0.1, 0.15) is 0 Å². The minimum Gasteiger partial charge on any atom is -0.320 e. The molecule has 0 aliphatic carbocycles. The van der Waals surface area contributed by atoms with Crippen LogP contribution in [0.4, 0.5) is 0 Å². The summed E-state index contributed by atoms with van der Waals surface area (Å²) in [6.45, 7) is 4.07. The summed E-state index contributed by atoms with van der Waals surface area (Å²) in [5, 5.41) is 0. The molecule has 1 aromatic carbocycles. The van der Waals surface area contributed by atoms with Crippen LogP contribution < -0.4 is 5.73 Å². The fraction of sp³-hybridized carbons (Fsp3) is 0.0909. The Morgan fingerprint density at radius 3 is 2.50 bits per heavy atom. The van der Waals surface area contributed by atoms with Crippen molar-refractivity contribution < 1.29 is 0 Å². The van der Waals surface area contributed by atoms with Crippen LogP contribution in [0.2, 0.25) is 0 Å². The van der Waals surface area contributed by atoms with Gasteiger partial charge in [-0.3, -0.25) is 0 Å². The average molecular weight is 157 g/mol. The Balaban J connectivity index is 2.84. The van der Waals surface area contributed by atoms with Gasteiger partial charge in [-0.2, -0.15) is 0 Å². The van der Waals surface area contributed by atoms with Gasteiger partial charge in [0, 0.05) is 5.56 Å². The number of rotatable bonds is 1. The lowest BCUT2D eigenvalue weighted by Gasteiger charge is -1.91. The first-order valence-corrected chi connectivity index (χ1v) is 3.78. The molecule has 0 aliphatic rings. The smallest absolute Gasteiger partial charge is 0.0555 e. The fourth-order valence-corrected chi connectivity index (χ4v) is 0.856. The number of hydrogen-bond donors (Lipinski definition) is 1. The normalized spacial score (nSPS) is 8.42. The first-order valence-electron chi connectivity index (χ1n) is 3.78. The van der Waals surface area contributed by atoms with Crippen molar-refractivity contribution in [2.45, 2.75) is 0 Å². The van der Waals surface area contributed by atoms with Crippen molar-refractivity contribution in [1.82, 2.24) is 0 Å². The monoisotopic (exact) mass is 157 g/mol. The van der Waals surface area contributed by atoms with Crippen molar-refractivity contribution in [2.75, 3.05) is 6.54 Å². The summed E-state index contributed by atoms with van der Waals surface area (Å²) in [6.07, 6.45) is 1.81. The Hall–Kier alpha value is -1.52. The van der Waals surface area contributed by atoms with Crippen molar-refractivity contribution in [3.63, 3.8) is 0 Å². The highest BCUT2D eigenvalue weighted by atomic mass is 14.5. The lowest BCUT2D eigenvalue weighted by Crippen LogP contribution is -1.92. The van der Waals surface area contributed by atoms with Gasteiger partial charge in [-0.1, -0.05) is 36.6 Å². The summed E-state index contributed by atoms with van der Waals surface area (Å²) in [6, 6.07) is 7.88. The second-order valence-corrected chi connectivity index (χ2v) is 2.33. The Morgan fingerprint density at radius 2 is 2.00 bits per heavy atom. The molecule has 1 heteroatoms. The Kier molecular flexibility index (Phi) is 3.13. The van der Waals surface area contributed by atoms with Crippen LogP contribution in [0.1, 0.15) is 11.1 Å². The lowest BCUT2D eigenvalue weighted by atomic mass is 10.1. The average Bonchev–Trinajstić information content (AvgIpc) is 2.15. The third-order valence-electron chi connectivity index (χ3n) is 1.48. The van der Waals surface area contributed by atoms with E-state index in [9.17, 15) is 0 Å². The largest absolute Gasteiger partial charge is 0.320 e. The predicted octanol–water partition coefficient (Wildman–Crippen LogP) is 1.64. The van der Waals surface area contributed by atoms with Crippen molar-refractivity contribution >= 4 is 6.08 Å². The summed E-state index contributed by atoms with van der Waals surface area (Å²) in [5.41, 5.74) is 7.34. The molecule has 1 nitrogen and oxygen atoms in total. The molecule has 0 aliphatic heterocycles. The van der Waals surface area contributed by atoms with Crippen LogP contribution in [0.3, 0.4) is 0 Å². The predicted molar refractivity (Wildman–Crippen MR) is 52.5 cm³/mol. The molecule has 0 amide bonds. The highest BCUT2D eigenvalue weighted by Gasteiger charge is 1.85. The highest BCUT2D eigenvalue weighted by Crippen LogP contribution is 2.03. The van der Waals surface area contributed by atoms with E-state index in [0.717, 1.165) is 11.1 Å². The Labute approximate surface area is 72.9 Å². The summed E-state index contributed by atoms with van der Waals surface area (Å²) in [5.74, 6) is 5.74. The van der Waals surface area contributed by atoms with Crippen LogP contribution in [0.15, 0.2) is 30.8 Å². The summed E-state index contributed by atoms with van der Waals surface area (Å²) in [7, 11) is 0. The van der Waals surface area contributed by atoms with E-state index in [0.29, 0.717) is 6.54 Å². The zero-order valence-electron chi connectivity index (χ0n) is 6.88. The molecule has 1 aromatic rings. The van der Waals surface area contributed by atoms with Crippen LogP contribution >= 0.6 is 0 Å². The van der Waals surface area contributed by atoms with E-state index < -0.39 is 0 Å². The van der Waals surface area contributed by atoms with Gasteiger partial charge in [-0.15, -0.1) is 0 Å². The van der Waals surface area contributed by atoms with E-state index in [2.05, 4.69) is 18.4 Å². The SMILES string of the molecule is C=Cc1ccc(C#CCN)cc1. The Bertz CT molecular complexity index is 311. The maximum Gasteiger partial charge on any atom is 0.0555 e. The van der Waals surface area contributed by atoms with Gasteiger partial charge in [0.2, 0.25) is 0 Å². The van der Waals surface area contributed by atoms with Gasteiger partial charge in [0.05, 0.1) is 6.54 Å². The first kappa shape index (κ1) is 8.58. The van der Waals surface area contributed by atoms with Gasteiger partial charge in [-0.05, 0) is 17.7 Å². The lowest BCUT2D eigenvalue weighted by molar-refractivity contribution is 1.30. The topological polar surface area (TPSA) is 26.0 Å². The molecule has 0 spiro atoms. The van der Waals surface area contributed by atoms with E-state index in [1.807, 2.05) is 24.3 Å². The van der Waals surface area contributed by atoms with Crippen LogP contribution in [0.5, 0.6) is 0 Å².